The van der Waals surface area contributed by atoms with Gasteiger partial charge < -0.3 is 24.8 Å². The number of morpholine rings is 1. The molecule has 0 spiro atoms. The zero-order chi connectivity index (χ0) is 18.8. The van der Waals surface area contributed by atoms with Gasteiger partial charge in [0.2, 0.25) is 0 Å². The van der Waals surface area contributed by atoms with Crippen molar-refractivity contribution in [2.24, 2.45) is 10.9 Å². The number of nitrogens with zero attached hydrogens (tertiary/aromatic N) is 2. The van der Waals surface area contributed by atoms with Crippen molar-refractivity contribution < 1.29 is 14.2 Å². The molecular formula is C19H32N4O3. The maximum absolute atomic E-state index is 5.40. The molecule has 2 N–H and O–H groups in total. The van der Waals surface area contributed by atoms with Gasteiger partial charge in [0.25, 0.3) is 0 Å². The van der Waals surface area contributed by atoms with Gasteiger partial charge in [-0.25, -0.2) is 0 Å². The monoisotopic (exact) mass is 364 g/mol. The van der Waals surface area contributed by atoms with Crippen molar-refractivity contribution in [2.45, 2.75) is 13.5 Å². The Morgan fingerprint density at radius 3 is 2.58 bits per heavy atom. The topological polar surface area (TPSA) is 67.4 Å². The zero-order valence-electron chi connectivity index (χ0n) is 16.4. The first-order valence-corrected chi connectivity index (χ1v) is 9.11. The molecule has 0 aliphatic carbocycles. The Hall–Kier alpha value is -1.99. The van der Waals surface area contributed by atoms with Crippen LogP contribution in [-0.4, -0.2) is 71.5 Å². The molecule has 1 fully saturated rings. The van der Waals surface area contributed by atoms with Crippen molar-refractivity contribution in [2.75, 3.05) is 60.7 Å². The summed E-state index contributed by atoms with van der Waals surface area (Å²) in [5.41, 5.74) is 1.10. The fourth-order valence-electron chi connectivity index (χ4n) is 2.96. The van der Waals surface area contributed by atoms with Crippen molar-refractivity contribution >= 4 is 5.96 Å². The summed E-state index contributed by atoms with van der Waals surface area (Å²) in [6.07, 6.45) is 0. The summed E-state index contributed by atoms with van der Waals surface area (Å²) in [5.74, 6) is 2.80. The van der Waals surface area contributed by atoms with Crippen LogP contribution in [0, 0.1) is 5.92 Å². The largest absolute Gasteiger partial charge is 0.493 e. The van der Waals surface area contributed by atoms with Gasteiger partial charge in [-0.3, -0.25) is 9.89 Å². The SMILES string of the molecule is CN=C(NCc1ccc(OC)c(OC)c1)NCC(C)CN1CCOCC1. The van der Waals surface area contributed by atoms with E-state index in [0.29, 0.717) is 12.5 Å². The Morgan fingerprint density at radius 1 is 1.19 bits per heavy atom. The molecule has 146 valence electrons. The summed E-state index contributed by atoms with van der Waals surface area (Å²) >= 11 is 0. The minimum atomic E-state index is 0.535. The summed E-state index contributed by atoms with van der Waals surface area (Å²) < 4.78 is 16.0. The van der Waals surface area contributed by atoms with Crippen LogP contribution in [0.1, 0.15) is 12.5 Å². The van der Waals surface area contributed by atoms with Crippen LogP contribution >= 0.6 is 0 Å². The van der Waals surface area contributed by atoms with E-state index in [4.69, 9.17) is 14.2 Å². The van der Waals surface area contributed by atoms with Gasteiger partial charge in [0.1, 0.15) is 0 Å². The van der Waals surface area contributed by atoms with E-state index in [1.165, 1.54) is 0 Å². The van der Waals surface area contributed by atoms with Crippen molar-refractivity contribution in [3.8, 4) is 11.5 Å². The second-order valence-corrected chi connectivity index (χ2v) is 6.51. The van der Waals surface area contributed by atoms with E-state index >= 15 is 0 Å². The molecule has 1 aromatic rings. The Labute approximate surface area is 156 Å². The van der Waals surface area contributed by atoms with Crippen molar-refractivity contribution in [3.63, 3.8) is 0 Å². The van der Waals surface area contributed by atoms with Gasteiger partial charge in [-0.1, -0.05) is 13.0 Å². The lowest BCUT2D eigenvalue weighted by molar-refractivity contribution is 0.0320. The van der Waals surface area contributed by atoms with Crippen LogP contribution in [0.5, 0.6) is 11.5 Å². The Balaban J connectivity index is 1.76. The molecule has 26 heavy (non-hydrogen) atoms. The Kier molecular flexibility index (Phi) is 8.50. The van der Waals surface area contributed by atoms with Crippen LogP contribution < -0.4 is 20.1 Å². The third-order valence-electron chi connectivity index (χ3n) is 4.42. The molecule has 1 unspecified atom stereocenters. The summed E-state index contributed by atoms with van der Waals surface area (Å²) in [5, 5.41) is 6.75. The maximum atomic E-state index is 5.40. The minimum absolute atomic E-state index is 0.535. The number of aliphatic imine (C=N–C) groups is 1. The summed E-state index contributed by atoms with van der Waals surface area (Å²) in [6, 6.07) is 5.90. The van der Waals surface area contributed by atoms with E-state index in [9.17, 15) is 0 Å². The first kappa shape index (κ1) is 20.3. The maximum Gasteiger partial charge on any atom is 0.191 e. The summed E-state index contributed by atoms with van der Waals surface area (Å²) in [7, 11) is 5.07. The lowest BCUT2D eigenvalue weighted by Crippen LogP contribution is -2.43. The molecule has 0 bridgehead atoms. The van der Waals surface area contributed by atoms with Crippen molar-refractivity contribution in [1.29, 1.82) is 0 Å². The number of hydrogen-bond donors (Lipinski definition) is 2. The molecule has 7 heteroatoms. The van der Waals surface area contributed by atoms with Gasteiger partial charge in [0, 0.05) is 39.8 Å². The predicted molar refractivity (Wildman–Crippen MR) is 104 cm³/mol. The second kappa shape index (κ2) is 10.9. The Bertz CT molecular complexity index is 574. The standard InChI is InChI=1S/C19H32N4O3/c1-15(14-23-7-9-26-10-8-23)12-21-19(20-2)22-13-16-5-6-17(24-3)18(11-16)25-4/h5-6,11,15H,7-10,12-14H2,1-4H3,(H2,20,21,22). The highest BCUT2D eigenvalue weighted by molar-refractivity contribution is 5.79. The average Bonchev–Trinajstić information content (AvgIpc) is 2.68. The van der Waals surface area contributed by atoms with Crippen LogP contribution in [0.2, 0.25) is 0 Å². The molecule has 1 aliphatic rings. The van der Waals surface area contributed by atoms with Gasteiger partial charge in [0.15, 0.2) is 17.5 Å². The van der Waals surface area contributed by atoms with Gasteiger partial charge in [0.05, 0.1) is 27.4 Å². The van der Waals surface area contributed by atoms with E-state index in [-0.39, 0.29) is 0 Å². The number of methoxy groups -OCH3 is 2. The number of guanidine groups is 1. The van der Waals surface area contributed by atoms with E-state index in [1.807, 2.05) is 18.2 Å². The van der Waals surface area contributed by atoms with E-state index in [2.05, 4.69) is 27.4 Å². The minimum Gasteiger partial charge on any atom is -0.493 e. The highest BCUT2D eigenvalue weighted by Gasteiger charge is 2.14. The second-order valence-electron chi connectivity index (χ2n) is 6.51. The van der Waals surface area contributed by atoms with Crippen LogP contribution in [0.4, 0.5) is 0 Å². The third kappa shape index (κ3) is 6.38. The molecule has 0 aromatic heterocycles. The highest BCUT2D eigenvalue weighted by Crippen LogP contribution is 2.27. The number of nitrogens with one attached hydrogen (secondary N) is 2. The van der Waals surface area contributed by atoms with E-state index in [1.54, 1.807) is 21.3 Å². The molecule has 1 heterocycles. The van der Waals surface area contributed by atoms with E-state index < -0.39 is 0 Å². The first-order valence-electron chi connectivity index (χ1n) is 9.11. The quantitative estimate of drug-likeness (QED) is 0.536. The molecular weight excluding hydrogens is 332 g/mol. The number of benzene rings is 1. The third-order valence-corrected chi connectivity index (χ3v) is 4.42. The summed E-state index contributed by atoms with van der Waals surface area (Å²) in [6.45, 7) is 8.60. The number of ether oxygens (including phenoxy) is 3. The lowest BCUT2D eigenvalue weighted by Gasteiger charge is -2.29. The molecule has 1 aliphatic heterocycles. The molecule has 1 atom stereocenters. The smallest absolute Gasteiger partial charge is 0.191 e. The Morgan fingerprint density at radius 2 is 1.92 bits per heavy atom. The molecule has 0 radical (unpaired) electrons. The van der Waals surface area contributed by atoms with Gasteiger partial charge in [-0.2, -0.15) is 0 Å². The molecule has 1 aromatic carbocycles. The first-order chi connectivity index (χ1) is 12.7. The molecule has 7 nitrogen and oxygen atoms in total. The fourth-order valence-corrected chi connectivity index (χ4v) is 2.96. The molecule has 2 rings (SSSR count). The predicted octanol–water partition coefficient (Wildman–Crippen LogP) is 1.34. The molecule has 0 saturated carbocycles. The molecule has 1 saturated heterocycles. The van der Waals surface area contributed by atoms with E-state index in [0.717, 1.165) is 62.4 Å². The van der Waals surface area contributed by atoms with Gasteiger partial charge in [-0.15, -0.1) is 0 Å². The molecule has 0 amide bonds. The lowest BCUT2D eigenvalue weighted by atomic mass is 10.1. The van der Waals surface area contributed by atoms with Crippen LogP contribution in [0.15, 0.2) is 23.2 Å². The van der Waals surface area contributed by atoms with Crippen LogP contribution in [0.3, 0.4) is 0 Å². The van der Waals surface area contributed by atoms with Crippen molar-refractivity contribution in [3.05, 3.63) is 23.8 Å². The normalized spacial score (nSPS) is 16.8. The summed E-state index contributed by atoms with van der Waals surface area (Å²) in [4.78, 5) is 6.76. The fraction of sp³-hybridized carbons (Fsp3) is 0.632. The zero-order valence-corrected chi connectivity index (χ0v) is 16.4. The van der Waals surface area contributed by atoms with Gasteiger partial charge in [-0.05, 0) is 23.6 Å². The number of hydrogen-bond acceptors (Lipinski definition) is 5. The average molecular weight is 364 g/mol. The van der Waals surface area contributed by atoms with Crippen molar-refractivity contribution in [1.82, 2.24) is 15.5 Å². The highest BCUT2D eigenvalue weighted by atomic mass is 16.5. The number of rotatable bonds is 8. The van der Waals surface area contributed by atoms with Crippen LogP contribution in [0.25, 0.3) is 0 Å². The van der Waals surface area contributed by atoms with Crippen LogP contribution in [-0.2, 0) is 11.3 Å². The van der Waals surface area contributed by atoms with Gasteiger partial charge >= 0.3 is 0 Å².